The molecule has 18 heteroatoms. The van der Waals surface area contributed by atoms with Gasteiger partial charge in [-0.2, -0.15) is 133 Å². The second-order valence-corrected chi connectivity index (χ2v) is 20.6. The number of aliphatic hydroxyl groups is 2. The topological polar surface area (TPSA) is 197 Å². The minimum atomic E-state index is -0.455. The van der Waals surface area contributed by atoms with Crippen molar-refractivity contribution in [3.63, 3.8) is 0 Å². The fourth-order valence-corrected chi connectivity index (χ4v) is 10.3. The number of rotatable bonds is 7. The number of benzene rings is 12. The van der Waals surface area contributed by atoms with E-state index >= 15 is 0 Å². The molecule has 0 aliphatic heterocycles. The first-order chi connectivity index (χ1) is 43.9. The number of hydrogen-bond donors (Lipinski definition) is 2. The largest absolute Gasteiger partial charge is 0.512 e. The predicted molar refractivity (Wildman–Crippen MR) is 353 cm³/mol. The van der Waals surface area contributed by atoms with Crippen molar-refractivity contribution in [1.29, 1.82) is 0 Å². The maximum Gasteiger partial charge on any atom is 0.164 e. The Hall–Kier alpha value is -11.0. The molecular weight excluding hydrogens is 1510 g/mol. The molecule has 16 rings (SSSR count). The van der Waals surface area contributed by atoms with Crippen LogP contribution in [0.15, 0.2) is 265 Å². The SMILES string of the molecule is CC(=O)C(=C(/C)O)/C(C(C)=O)=C(\C)O.[Ir].[Ir].[c-]1ccc2ccccc2c1-n1nc2ccccc2n1.[c-]1ccc2ccccc2c1-n1nc2ccccc2n1.[c-]1ccc2ccccc2c1-n1nc2ccccc2n1.[c-]1ccc2ccccc2c1-n1nc2ccccc2n1. The van der Waals surface area contributed by atoms with E-state index in [1.54, 1.807) is 19.2 Å². The Morgan fingerprint density at radius 1 is 0.283 bits per heavy atom. The molecule has 4 heterocycles. The van der Waals surface area contributed by atoms with E-state index in [-0.39, 0.29) is 62.9 Å². The van der Waals surface area contributed by atoms with E-state index in [9.17, 15) is 19.8 Å². The maximum absolute atomic E-state index is 11.1. The second-order valence-electron chi connectivity index (χ2n) is 20.6. The number of hydrogen-bond acceptors (Lipinski definition) is 12. The molecule has 2 radical (unpaired) electrons. The summed E-state index contributed by atoms with van der Waals surface area (Å²) >= 11 is 0. The third-order valence-electron chi connectivity index (χ3n) is 14.4. The quantitative estimate of drug-likeness (QED) is 0.0664. The van der Waals surface area contributed by atoms with Gasteiger partial charge in [0.2, 0.25) is 0 Å². The number of carbonyl (C=O) groups is 2. The van der Waals surface area contributed by atoms with Gasteiger partial charge in [-0.25, -0.2) is 0 Å². The number of allylic oxidation sites excluding steroid dienone is 4. The molecule has 456 valence electrons. The summed E-state index contributed by atoms with van der Waals surface area (Å²) in [6.45, 7) is 5.03. The number of nitrogens with zero attached hydrogens (tertiary/aromatic N) is 12. The zero-order valence-corrected chi connectivity index (χ0v) is 54.6. The molecular formula is C74H54Ir2N12O4-4. The number of carbonyl (C=O) groups excluding carboxylic acids is 2. The van der Waals surface area contributed by atoms with E-state index < -0.39 is 11.6 Å². The summed E-state index contributed by atoms with van der Waals surface area (Å²) in [5.74, 6) is -1.44. The van der Waals surface area contributed by atoms with Crippen molar-refractivity contribution in [3.05, 3.63) is 290 Å². The first-order valence-corrected chi connectivity index (χ1v) is 28.7. The third kappa shape index (κ3) is 14.0. The summed E-state index contributed by atoms with van der Waals surface area (Å²) in [6.07, 6.45) is 0. The molecule has 0 unspecified atom stereocenters. The van der Waals surface area contributed by atoms with Crippen molar-refractivity contribution < 1.29 is 60.0 Å². The van der Waals surface area contributed by atoms with Crippen LogP contribution in [0, 0.1) is 24.3 Å². The molecule has 0 saturated carbocycles. The standard InChI is InChI=1S/4C16H10N3.C10H14O4.2Ir/c4*1-2-8-13-12(6-1)7-5-11-16(13)19-17-14-9-3-4-10-15(14)18-19;1-5(11)9(6(2)12)10(7(3)13)8(4)14;;/h4*1-10H;11,13H,1-4H3;;/q4*-1;;;/b;;;;9-5+,10-7+;;. The molecule has 0 amide bonds. The van der Waals surface area contributed by atoms with E-state index in [4.69, 9.17) is 0 Å². The van der Waals surface area contributed by atoms with Gasteiger partial charge in [0.1, 0.15) is 55.7 Å². The maximum atomic E-state index is 11.1. The number of Topliss-reactive ketones (excluding diaryl/α,β-unsaturated/α-hetero) is 2. The molecule has 16 nitrogen and oxygen atoms in total. The van der Waals surface area contributed by atoms with Crippen LogP contribution >= 0.6 is 0 Å². The molecule has 0 spiro atoms. The Bertz CT molecular complexity index is 4590. The average molecular weight is 1560 g/mol. The molecule has 0 aliphatic carbocycles. The van der Waals surface area contributed by atoms with Crippen LogP contribution in [0.1, 0.15) is 27.7 Å². The molecule has 4 aromatic heterocycles. The second kappa shape index (κ2) is 29.1. The molecule has 0 atom stereocenters. The van der Waals surface area contributed by atoms with Crippen LogP contribution in [0.2, 0.25) is 0 Å². The molecule has 0 saturated heterocycles. The Morgan fingerprint density at radius 2 is 0.457 bits per heavy atom. The van der Waals surface area contributed by atoms with Crippen molar-refractivity contribution in [2.45, 2.75) is 27.7 Å². The van der Waals surface area contributed by atoms with Gasteiger partial charge in [-0.05, 0) is 99.0 Å². The van der Waals surface area contributed by atoms with Gasteiger partial charge in [-0.1, -0.05) is 121 Å². The number of aliphatic hydroxyl groups excluding tert-OH is 2. The zero-order valence-electron chi connectivity index (χ0n) is 49.8. The Balaban J connectivity index is 0.000000126. The zero-order chi connectivity index (χ0) is 62.1. The van der Waals surface area contributed by atoms with Crippen LogP contribution in [-0.2, 0) is 49.8 Å². The van der Waals surface area contributed by atoms with Gasteiger partial charge in [0.05, 0.1) is 11.1 Å². The van der Waals surface area contributed by atoms with E-state index in [1.807, 2.05) is 194 Å². The first-order valence-electron chi connectivity index (χ1n) is 28.7. The average Bonchev–Trinajstić information content (AvgIpc) is 1.67. The summed E-state index contributed by atoms with van der Waals surface area (Å²) in [7, 11) is 0. The Morgan fingerprint density at radius 3 is 0.630 bits per heavy atom. The monoisotopic (exact) mass is 1560 g/mol. The van der Waals surface area contributed by atoms with Gasteiger partial charge in [0, 0.05) is 40.2 Å². The minimum Gasteiger partial charge on any atom is -0.512 e. The van der Waals surface area contributed by atoms with Crippen molar-refractivity contribution in [1.82, 2.24) is 60.0 Å². The van der Waals surface area contributed by atoms with Crippen LogP contribution in [0.3, 0.4) is 0 Å². The van der Waals surface area contributed by atoms with E-state index in [1.165, 1.54) is 27.7 Å². The van der Waals surface area contributed by atoms with E-state index in [0.29, 0.717) is 0 Å². The molecule has 2 N–H and O–H groups in total. The molecule has 92 heavy (non-hydrogen) atoms. The molecule has 0 fully saturated rings. The minimum absolute atomic E-state index is 0. The fourth-order valence-electron chi connectivity index (χ4n) is 10.3. The van der Waals surface area contributed by atoms with Crippen LogP contribution < -0.4 is 0 Å². The molecule has 0 aliphatic rings. The van der Waals surface area contributed by atoms with Crippen LogP contribution in [-0.4, -0.2) is 81.8 Å². The third-order valence-corrected chi connectivity index (χ3v) is 14.4. The van der Waals surface area contributed by atoms with Crippen LogP contribution in [0.4, 0.5) is 0 Å². The van der Waals surface area contributed by atoms with Gasteiger partial charge in [-0.15, -0.1) is 67.4 Å². The smallest absolute Gasteiger partial charge is 0.164 e. The van der Waals surface area contributed by atoms with E-state index in [0.717, 1.165) is 110 Å². The van der Waals surface area contributed by atoms with Crippen LogP contribution in [0.25, 0.3) is 110 Å². The van der Waals surface area contributed by atoms with Gasteiger partial charge in [0.15, 0.2) is 11.6 Å². The number of ketones is 2. The van der Waals surface area contributed by atoms with Crippen molar-refractivity contribution in [2.75, 3.05) is 0 Å². The Labute approximate surface area is 555 Å². The summed E-state index contributed by atoms with van der Waals surface area (Å²) in [5, 5.41) is 63.5. The normalized spacial score (nSPS) is 11.4. The first kappa shape index (κ1) is 64.0. The summed E-state index contributed by atoms with van der Waals surface area (Å²) < 4.78 is 0. The molecule has 16 aromatic rings. The predicted octanol–water partition coefficient (Wildman–Crippen LogP) is 15.3. The molecule has 0 bridgehead atoms. The summed E-state index contributed by atoms with van der Waals surface area (Å²) in [5.41, 5.74) is 10.4. The molecule has 12 aromatic carbocycles. The summed E-state index contributed by atoms with van der Waals surface area (Å²) in [4.78, 5) is 28.9. The number of fused-ring (bicyclic) bond motifs is 8. The number of aromatic nitrogens is 12. The van der Waals surface area contributed by atoms with Crippen LogP contribution in [0.5, 0.6) is 0 Å². The van der Waals surface area contributed by atoms with Gasteiger partial charge < -0.3 is 10.2 Å². The Kier molecular flexibility index (Phi) is 20.2. The van der Waals surface area contributed by atoms with Gasteiger partial charge in [-0.3, -0.25) is 9.59 Å². The van der Waals surface area contributed by atoms with Gasteiger partial charge >= 0.3 is 0 Å². The van der Waals surface area contributed by atoms with Crippen molar-refractivity contribution in [2.24, 2.45) is 0 Å². The van der Waals surface area contributed by atoms with Crippen molar-refractivity contribution >= 4 is 98.8 Å². The van der Waals surface area contributed by atoms with Crippen molar-refractivity contribution in [3.8, 4) is 22.7 Å². The summed E-state index contributed by atoms with van der Waals surface area (Å²) in [6, 6.07) is 92.9. The fraction of sp³-hybridized carbons (Fsp3) is 0.0541. The van der Waals surface area contributed by atoms with Gasteiger partial charge in [0.25, 0.3) is 0 Å². The van der Waals surface area contributed by atoms with E-state index in [2.05, 4.69) is 114 Å².